The van der Waals surface area contributed by atoms with Gasteiger partial charge < -0.3 is 5.32 Å². The van der Waals surface area contributed by atoms with E-state index in [1.165, 1.54) is 17.7 Å². The first kappa shape index (κ1) is 13.8. The zero-order valence-electron chi connectivity index (χ0n) is 10.5. The number of halogens is 2. The number of likely N-dealkylation sites (N-methyl/N-ethyl adjacent to an activating group) is 1. The fraction of sp³-hybridized carbons (Fsp3) is 0.429. The molecule has 0 aliphatic carbocycles. The fourth-order valence-electron chi connectivity index (χ4n) is 1.59. The highest BCUT2D eigenvalue weighted by Gasteiger charge is 2.06. The third-order valence-electron chi connectivity index (χ3n) is 2.78. The summed E-state index contributed by atoms with van der Waals surface area (Å²) in [7, 11) is 0. The molecule has 0 aliphatic heterocycles. The largest absolute Gasteiger partial charge is 0.311 e. The normalized spacial score (nSPS) is 14.1. The Bertz CT molecular complexity index is 368. The molecule has 1 rings (SSSR count). The van der Waals surface area contributed by atoms with Crippen LogP contribution in [-0.2, 0) is 0 Å². The van der Waals surface area contributed by atoms with E-state index in [1.54, 1.807) is 12.1 Å². The van der Waals surface area contributed by atoms with E-state index in [1.807, 2.05) is 13.0 Å². The third-order valence-corrected chi connectivity index (χ3v) is 2.78. The first-order chi connectivity index (χ1) is 8.04. The van der Waals surface area contributed by atoms with Gasteiger partial charge in [0.25, 0.3) is 6.43 Å². The Labute approximate surface area is 102 Å². The van der Waals surface area contributed by atoms with Gasteiger partial charge in [0.1, 0.15) is 0 Å². The Hall–Kier alpha value is -1.22. The van der Waals surface area contributed by atoms with Crippen LogP contribution >= 0.6 is 0 Å². The highest BCUT2D eigenvalue weighted by atomic mass is 19.3. The molecule has 17 heavy (non-hydrogen) atoms. The molecule has 1 unspecified atom stereocenters. The maximum absolute atomic E-state index is 12.4. The number of hydrogen-bond donors (Lipinski definition) is 1. The zero-order chi connectivity index (χ0) is 12.8. The second-order valence-corrected chi connectivity index (χ2v) is 4.14. The van der Waals surface area contributed by atoms with E-state index in [9.17, 15) is 8.78 Å². The summed E-state index contributed by atoms with van der Waals surface area (Å²) in [6.07, 6.45) is -0.377. The summed E-state index contributed by atoms with van der Waals surface area (Å²) in [5, 5.41) is 3.31. The van der Waals surface area contributed by atoms with E-state index < -0.39 is 6.43 Å². The van der Waals surface area contributed by atoms with Gasteiger partial charge in [-0.15, -0.1) is 0 Å². The maximum atomic E-state index is 12.4. The Balaban J connectivity index is 2.77. The van der Waals surface area contributed by atoms with Crippen molar-refractivity contribution in [1.82, 2.24) is 5.32 Å². The Kier molecular flexibility index (Phi) is 5.29. The van der Waals surface area contributed by atoms with Crippen molar-refractivity contribution in [2.24, 2.45) is 0 Å². The van der Waals surface area contributed by atoms with Gasteiger partial charge in [0.05, 0.1) is 0 Å². The molecular formula is C14H19F2N. The standard InChI is InChI=1S/C14H19F2N/c1-4-17-11(3)10(2)9-12-5-7-13(8-6-12)14(15)16/h5-9,11,14,17H,4H2,1-3H3/b10-9+. The topological polar surface area (TPSA) is 12.0 Å². The summed E-state index contributed by atoms with van der Waals surface area (Å²) in [5.74, 6) is 0. The van der Waals surface area contributed by atoms with E-state index >= 15 is 0 Å². The molecule has 0 aromatic heterocycles. The number of rotatable bonds is 5. The second-order valence-electron chi connectivity index (χ2n) is 4.14. The third kappa shape index (κ3) is 4.27. The van der Waals surface area contributed by atoms with Crippen LogP contribution in [0.5, 0.6) is 0 Å². The van der Waals surface area contributed by atoms with Gasteiger partial charge in [-0.1, -0.05) is 42.8 Å². The highest BCUT2D eigenvalue weighted by Crippen LogP contribution is 2.19. The van der Waals surface area contributed by atoms with Crippen LogP contribution in [-0.4, -0.2) is 12.6 Å². The molecule has 0 bridgehead atoms. The Morgan fingerprint density at radius 1 is 1.29 bits per heavy atom. The first-order valence-corrected chi connectivity index (χ1v) is 5.84. The van der Waals surface area contributed by atoms with Crippen molar-refractivity contribution in [3.8, 4) is 0 Å². The van der Waals surface area contributed by atoms with Crippen LogP contribution in [0.15, 0.2) is 29.8 Å². The minimum Gasteiger partial charge on any atom is -0.311 e. The van der Waals surface area contributed by atoms with Crippen molar-refractivity contribution < 1.29 is 8.78 Å². The van der Waals surface area contributed by atoms with Crippen LogP contribution in [0.4, 0.5) is 8.78 Å². The Morgan fingerprint density at radius 3 is 2.35 bits per heavy atom. The lowest BCUT2D eigenvalue weighted by Gasteiger charge is -2.13. The number of hydrogen-bond acceptors (Lipinski definition) is 1. The van der Waals surface area contributed by atoms with E-state index in [0.717, 1.165) is 12.1 Å². The minimum absolute atomic E-state index is 0.0690. The molecule has 1 aromatic rings. The predicted octanol–water partition coefficient (Wildman–Crippen LogP) is 4.03. The lowest BCUT2D eigenvalue weighted by Crippen LogP contribution is -2.26. The average Bonchev–Trinajstić information content (AvgIpc) is 2.30. The lowest BCUT2D eigenvalue weighted by atomic mass is 10.1. The zero-order valence-corrected chi connectivity index (χ0v) is 10.5. The summed E-state index contributed by atoms with van der Waals surface area (Å²) in [6.45, 7) is 7.09. The molecule has 0 aliphatic rings. The number of nitrogens with one attached hydrogen (secondary N) is 1. The van der Waals surface area contributed by atoms with E-state index in [4.69, 9.17) is 0 Å². The van der Waals surface area contributed by atoms with Crippen molar-refractivity contribution in [1.29, 1.82) is 0 Å². The molecule has 0 spiro atoms. The van der Waals surface area contributed by atoms with Crippen molar-refractivity contribution in [2.75, 3.05) is 6.54 Å². The molecule has 0 saturated heterocycles. The van der Waals surface area contributed by atoms with E-state index in [2.05, 4.69) is 19.2 Å². The number of alkyl halides is 2. The van der Waals surface area contributed by atoms with Gasteiger partial charge in [0.2, 0.25) is 0 Å². The molecule has 1 aromatic carbocycles. The molecule has 0 amide bonds. The van der Waals surface area contributed by atoms with Crippen molar-refractivity contribution in [3.05, 3.63) is 41.0 Å². The van der Waals surface area contributed by atoms with E-state index in [-0.39, 0.29) is 5.56 Å². The Morgan fingerprint density at radius 2 is 1.88 bits per heavy atom. The quantitative estimate of drug-likeness (QED) is 0.818. The molecule has 1 atom stereocenters. The van der Waals surface area contributed by atoms with Crippen molar-refractivity contribution in [2.45, 2.75) is 33.2 Å². The highest BCUT2D eigenvalue weighted by molar-refractivity contribution is 5.53. The second kappa shape index (κ2) is 6.50. The van der Waals surface area contributed by atoms with Crippen LogP contribution < -0.4 is 5.32 Å². The van der Waals surface area contributed by atoms with Crippen molar-refractivity contribution >= 4 is 6.08 Å². The molecule has 3 heteroatoms. The van der Waals surface area contributed by atoms with Crippen LogP contribution in [0, 0.1) is 0 Å². The first-order valence-electron chi connectivity index (χ1n) is 5.84. The molecule has 1 N–H and O–H groups in total. The van der Waals surface area contributed by atoms with Gasteiger partial charge >= 0.3 is 0 Å². The monoisotopic (exact) mass is 239 g/mol. The van der Waals surface area contributed by atoms with Gasteiger partial charge in [-0.3, -0.25) is 0 Å². The fourth-order valence-corrected chi connectivity index (χ4v) is 1.59. The number of benzene rings is 1. The average molecular weight is 239 g/mol. The summed E-state index contributed by atoms with van der Waals surface area (Å²) < 4.78 is 24.7. The summed E-state index contributed by atoms with van der Waals surface area (Å²) in [5.41, 5.74) is 2.22. The maximum Gasteiger partial charge on any atom is 0.263 e. The van der Waals surface area contributed by atoms with Gasteiger partial charge in [0, 0.05) is 11.6 Å². The van der Waals surface area contributed by atoms with Crippen LogP contribution in [0.3, 0.4) is 0 Å². The molecule has 0 heterocycles. The predicted molar refractivity (Wildman–Crippen MR) is 68.2 cm³/mol. The van der Waals surface area contributed by atoms with E-state index in [0.29, 0.717) is 6.04 Å². The smallest absolute Gasteiger partial charge is 0.263 e. The SMILES string of the molecule is CCNC(C)/C(C)=C/c1ccc(C(F)F)cc1. The lowest BCUT2D eigenvalue weighted by molar-refractivity contribution is 0.151. The van der Waals surface area contributed by atoms with Crippen LogP contribution in [0.25, 0.3) is 6.08 Å². The molecule has 1 nitrogen and oxygen atoms in total. The molecule has 0 saturated carbocycles. The summed E-state index contributed by atoms with van der Waals surface area (Å²) in [4.78, 5) is 0. The van der Waals surface area contributed by atoms with Gasteiger partial charge in [-0.05, 0) is 26.0 Å². The molecular weight excluding hydrogens is 220 g/mol. The van der Waals surface area contributed by atoms with Crippen LogP contribution in [0.1, 0.15) is 38.3 Å². The van der Waals surface area contributed by atoms with Crippen LogP contribution in [0.2, 0.25) is 0 Å². The summed E-state index contributed by atoms with van der Waals surface area (Å²) in [6, 6.07) is 6.70. The molecule has 0 fully saturated rings. The van der Waals surface area contributed by atoms with Gasteiger partial charge in [0.15, 0.2) is 0 Å². The molecule has 94 valence electrons. The minimum atomic E-state index is -2.39. The van der Waals surface area contributed by atoms with Gasteiger partial charge in [-0.25, -0.2) is 8.78 Å². The molecule has 0 radical (unpaired) electrons. The van der Waals surface area contributed by atoms with Crippen molar-refractivity contribution in [3.63, 3.8) is 0 Å². The summed E-state index contributed by atoms with van der Waals surface area (Å²) >= 11 is 0. The van der Waals surface area contributed by atoms with Gasteiger partial charge in [-0.2, -0.15) is 0 Å².